The number of hydrogen-bond acceptors (Lipinski definition) is 4. The molecular weight excluding hydrogens is 223 g/mol. The normalized spacial score (nSPS) is 12.2. The van der Waals surface area contributed by atoms with Gasteiger partial charge in [-0.15, -0.1) is 0 Å². The summed E-state index contributed by atoms with van der Waals surface area (Å²) in [6.45, 7) is 0. The van der Waals surface area contributed by atoms with E-state index in [1.807, 2.05) is 30.3 Å². The first-order chi connectivity index (χ1) is 6.45. The Hall–Kier alpha value is -0.680. The minimum atomic E-state index is -1.02. The van der Waals surface area contributed by atoms with E-state index >= 15 is 0 Å². The number of rotatable bonds is 2. The molecule has 0 aliphatic rings. The quantitative estimate of drug-likeness (QED) is 0.791. The van der Waals surface area contributed by atoms with Gasteiger partial charge in [0.2, 0.25) is 0 Å². The fourth-order valence-electron chi connectivity index (χ4n) is 0.752. The lowest BCUT2D eigenvalue weighted by molar-refractivity contribution is 0.624. The van der Waals surface area contributed by atoms with Crippen molar-refractivity contribution in [1.29, 1.82) is 0 Å². The molecule has 1 aromatic heterocycles. The van der Waals surface area contributed by atoms with Crippen LogP contribution in [0.3, 0.4) is 0 Å². The zero-order valence-corrected chi connectivity index (χ0v) is 9.16. The second-order valence-corrected chi connectivity index (χ2v) is 5.30. The molecule has 0 spiro atoms. The van der Waals surface area contributed by atoms with Crippen LogP contribution in [0, 0.1) is 0 Å². The zero-order chi connectivity index (χ0) is 8.93. The minimum Gasteiger partial charge on any atom is -0.358 e. The highest BCUT2D eigenvalue weighted by atomic mass is 31.2. The van der Waals surface area contributed by atoms with Crippen molar-refractivity contribution in [3.8, 4) is 5.75 Å². The lowest BCUT2D eigenvalue weighted by Gasteiger charge is -1.94. The standard InChI is InChI=1S/C6H5N3OP3/c1-2-4-6(5-3-1)10-13-8-11-7-12-9-13/h1-5H/q+1. The van der Waals surface area contributed by atoms with Gasteiger partial charge in [-0.1, -0.05) is 18.2 Å². The van der Waals surface area contributed by atoms with E-state index in [1.165, 1.54) is 0 Å². The molecular formula is C6H5N3OP3+. The van der Waals surface area contributed by atoms with Crippen molar-refractivity contribution in [3.05, 3.63) is 30.3 Å². The molecule has 13 heavy (non-hydrogen) atoms. The lowest BCUT2D eigenvalue weighted by Crippen LogP contribution is -1.80. The summed E-state index contributed by atoms with van der Waals surface area (Å²) in [4.78, 5) is 0. The Morgan fingerprint density at radius 1 is 1.08 bits per heavy atom. The first-order valence-electron chi connectivity index (χ1n) is 3.50. The number of para-hydroxylation sites is 1. The molecule has 0 saturated heterocycles. The number of hydrogen-bond donors (Lipinski definition) is 0. The fourth-order valence-corrected chi connectivity index (χ4v) is 3.44. The molecule has 0 radical (unpaired) electrons. The van der Waals surface area contributed by atoms with E-state index in [1.54, 1.807) is 0 Å². The molecule has 64 valence electrons. The van der Waals surface area contributed by atoms with Crippen LogP contribution in [0.4, 0.5) is 0 Å². The van der Waals surface area contributed by atoms with Crippen molar-refractivity contribution >= 4 is 25.1 Å². The highest BCUT2D eigenvalue weighted by molar-refractivity contribution is 7.50. The molecule has 0 aliphatic heterocycles. The van der Waals surface area contributed by atoms with Crippen molar-refractivity contribution in [2.24, 2.45) is 0 Å². The SMILES string of the molecule is c1ccc(O[p+]2npnpn2)cc1. The zero-order valence-electron chi connectivity index (χ0n) is 6.48. The van der Waals surface area contributed by atoms with Gasteiger partial charge in [0.25, 0.3) is 0 Å². The lowest BCUT2D eigenvalue weighted by atomic mass is 10.3. The topological polar surface area (TPSA) is 47.9 Å². The van der Waals surface area contributed by atoms with Gasteiger partial charge in [0.15, 0.2) is 5.75 Å². The molecule has 1 heterocycles. The van der Waals surface area contributed by atoms with Crippen molar-refractivity contribution in [1.82, 2.24) is 13.5 Å². The summed E-state index contributed by atoms with van der Waals surface area (Å²) in [6.07, 6.45) is 0. The molecule has 7 heteroatoms. The van der Waals surface area contributed by atoms with E-state index in [2.05, 4.69) is 13.5 Å². The molecule has 4 nitrogen and oxygen atoms in total. The van der Waals surface area contributed by atoms with Crippen molar-refractivity contribution in [2.75, 3.05) is 0 Å². The first kappa shape index (κ1) is 8.90. The Bertz CT molecular complexity index is 334. The maximum Gasteiger partial charge on any atom is 0.414 e. The number of nitrogens with zero attached hydrogens (tertiary/aromatic N) is 3. The van der Waals surface area contributed by atoms with E-state index in [-0.39, 0.29) is 0 Å². The Morgan fingerprint density at radius 3 is 2.46 bits per heavy atom. The minimum absolute atomic E-state index is 0.726. The van der Waals surface area contributed by atoms with Crippen molar-refractivity contribution < 1.29 is 4.52 Å². The predicted molar refractivity (Wildman–Crippen MR) is 54.4 cm³/mol. The molecule has 0 atom stereocenters. The molecule has 0 unspecified atom stereocenters. The second kappa shape index (κ2) is 4.53. The average molecular weight is 228 g/mol. The van der Waals surface area contributed by atoms with Crippen LogP contribution in [0.2, 0.25) is 0 Å². The smallest absolute Gasteiger partial charge is 0.358 e. The largest absolute Gasteiger partial charge is 0.414 e. The van der Waals surface area contributed by atoms with Crippen LogP contribution in [0.15, 0.2) is 30.3 Å². The Balaban J connectivity index is 2.16. The summed E-state index contributed by atoms with van der Waals surface area (Å²) in [6, 6.07) is 9.59. The summed E-state index contributed by atoms with van der Waals surface area (Å²) in [5, 5.41) is 0. The van der Waals surface area contributed by atoms with Gasteiger partial charge in [-0.2, -0.15) is 0 Å². The van der Waals surface area contributed by atoms with Gasteiger partial charge >= 0.3 is 25.1 Å². The average Bonchev–Trinajstić information content (AvgIpc) is 2.21. The predicted octanol–water partition coefficient (Wildman–Crippen LogP) is 3.14. The molecule has 0 saturated carbocycles. The van der Waals surface area contributed by atoms with Gasteiger partial charge < -0.3 is 4.52 Å². The summed E-state index contributed by atoms with van der Waals surface area (Å²) in [5.41, 5.74) is 0. The highest BCUT2D eigenvalue weighted by Gasteiger charge is 2.05. The van der Waals surface area contributed by atoms with Crippen molar-refractivity contribution in [2.45, 2.75) is 0 Å². The summed E-state index contributed by atoms with van der Waals surface area (Å²) >= 11 is 0. The molecule has 0 N–H and O–H groups in total. The van der Waals surface area contributed by atoms with E-state index in [0.717, 1.165) is 22.8 Å². The van der Waals surface area contributed by atoms with Crippen LogP contribution in [0.5, 0.6) is 5.75 Å². The van der Waals surface area contributed by atoms with Gasteiger partial charge in [-0.3, -0.25) is 0 Å². The van der Waals surface area contributed by atoms with Crippen LogP contribution in [-0.4, -0.2) is 13.5 Å². The maximum absolute atomic E-state index is 5.51. The third-order valence-electron chi connectivity index (χ3n) is 1.24. The van der Waals surface area contributed by atoms with Crippen LogP contribution >= 0.6 is 25.1 Å². The first-order valence-corrected chi connectivity index (χ1v) is 6.26. The number of aromatic nitrogens is 3. The molecule has 2 rings (SSSR count). The van der Waals surface area contributed by atoms with Gasteiger partial charge in [0.1, 0.15) is 0 Å². The van der Waals surface area contributed by atoms with E-state index in [4.69, 9.17) is 4.52 Å². The molecule has 0 fully saturated rings. The molecule has 0 bridgehead atoms. The van der Waals surface area contributed by atoms with Gasteiger partial charge in [0, 0.05) is 9.02 Å². The molecule has 0 amide bonds. The third kappa shape index (κ3) is 2.63. The van der Waals surface area contributed by atoms with Crippen LogP contribution in [0.25, 0.3) is 0 Å². The maximum atomic E-state index is 5.51. The monoisotopic (exact) mass is 228 g/mol. The van der Waals surface area contributed by atoms with E-state index < -0.39 is 8.08 Å². The molecule has 2 aromatic rings. The highest BCUT2D eigenvalue weighted by Crippen LogP contribution is 2.26. The Morgan fingerprint density at radius 2 is 1.77 bits per heavy atom. The third-order valence-corrected chi connectivity index (χ3v) is 4.12. The van der Waals surface area contributed by atoms with Crippen LogP contribution < -0.4 is 4.52 Å². The molecule has 1 aromatic carbocycles. The van der Waals surface area contributed by atoms with E-state index in [0.29, 0.717) is 0 Å². The summed E-state index contributed by atoms with van der Waals surface area (Å²) < 4.78 is 17.6. The van der Waals surface area contributed by atoms with Gasteiger partial charge in [-0.25, -0.2) is 0 Å². The fraction of sp³-hybridized carbons (Fsp3) is 0. The Kier molecular flexibility index (Phi) is 3.10. The van der Waals surface area contributed by atoms with Gasteiger partial charge in [0.05, 0.1) is 0 Å². The van der Waals surface area contributed by atoms with E-state index in [9.17, 15) is 0 Å². The van der Waals surface area contributed by atoms with Crippen LogP contribution in [-0.2, 0) is 0 Å². The second-order valence-electron chi connectivity index (χ2n) is 2.10. The summed E-state index contributed by atoms with van der Waals surface area (Å²) in [5.74, 6) is 0.813. The Labute approximate surface area is 79.8 Å². The summed E-state index contributed by atoms with van der Waals surface area (Å²) in [7, 11) is 0.435. The van der Waals surface area contributed by atoms with Crippen LogP contribution in [0.1, 0.15) is 0 Å². The molecule has 0 aliphatic carbocycles. The number of benzene rings is 1. The van der Waals surface area contributed by atoms with Crippen molar-refractivity contribution in [3.63, 3.8) is 0 Å². The van der Waals surface area contributed by atoms with Gasteiger partial charge in [-0.05, 0) is 16.6 Å².